The third-order valence-corrected chi connectivity index (χ3v) is 6.46. The Bertz CT molecular complexity index is 764. The van der Waals surface area contributed by atoms with Crippen molar-refractivity contribution in [3.05, 3.63) is 45.2 Å². The van der Waals surface area contributed by atoms with Crippen molar-refractivity contribution in [1.82, 2.24) is 14.9 Å². The van der Waals surface area contributed by atoms with E-state index < -0.39 is 0 Å². The number of carbonyl (C=O) groups is 1. The molecule has 0 bridgehead atoms. The monoisotopic (exact) mass is 347 g/mol. The van der Waals surface area contributed by atoms with Gasteiger partial charge in [-0.05, 0) is 24.3 Å². The van der Waals surface area contributed by atoms with Crippen LogP contribution in [0.2, 0.25) is 0 Å². The van der Waals surface area contributed by atoms with Gasteiger partial charge in [0.25, 0.3) is 5.91 Å². The van der Waals surface area contributed by atoms with Crippen LogP contribution in [0.15, 0.2) is 34.5 Å². The van der Waals surface area contributed by atoms with Gasteiger partial charge < -0.3 is 4.90 Å². The molecule has 1 aliphatic heterocycles. The average molecular weight is 347 g/mol. The number of thiazole rings is 2. The van der Waals surface area contributed by atoms with Gasteiger partial charge in [-0.2, -0.15) is 0 Å². The number of nitrogens with zero attached hydrogens (tertiary/aromatic N) is 3. The Kier molecular flexibility index (Phi) is 3.77. The minimum atomic E-state index is 0.0248. The fourth-order valence-corrected chi connectivity index (χ4v) is 5.09. The first-order valence-corrected chi connectivity index (χ1v) is 9.66. The van der Waals surface area contributed by atoms with E-state index in [0.717, 1.165) is 34.3 Å². The predicted molar refractivity (Wildman–Crippen MR) is 90.6 cm³/mol. The molecular formula is C15H13N3OS3. The van der Waals surface area contributed by atoms with E-state index in [0.29, 0.717) is 5.69 Å². The highest BCUT2D eigenvalue weighted by Crippen LogP contribution is 2.35. The predicted octanol–water partition coefficient (Wildman–Crippen LogP) is 4.31. The molecule has 0 spiro atoms. The van der Waals surface area contributed by atoms with Gasteiger partial charge in [-0.15, -0.1) is 34.0 Å². The molecule has 22 heavy (non-hydrogen) atoms. The van der Waals surface area contributed by atoms with Crippen LogP contribution < -0.4 is 0 Å². The van der Waals surface area contributed by atoms with Crippen molar-refractivity contribution in [2.75, 3.05) is 6.54 Å². The Morgan fingerprint density at radius 1 is 1.27 bits per heavy atom. The van der Waals surface area contributed by atoms with E-state index in [4.69, 9.17) is 0 Å². The molecule has 4 heterocycles. The first-order chi connectivity index (χ1) is 10.8. The Labute approximate surface area is 140 Å². The maximum absolute atomic E-state index is 12.8. The van der Waals surface area contributed by atoms with Crippen LogP contribution in [-0.4, -0.2) is 27.3 Å². The molecule has 1 saturated heterocycles. The number of hydrogen-bond acceptors (Lipinski definition) is 6. The highest BCUT2D eigenvalue weighted by Gasteiger charge is 2.33. The van der Waals surface area contributed by atoms with E-state index >= 15 is 0 Å². The van der Waals surface area contributed by atoms with E-state index in [-0.39, 0.29) is 11.9 Å². The zero-order valence-corrected chi connectivity index (χ0v) is 14.1. The summed E-state index contributed by atoms with van der Waals surface area (Å²) in [7, 11) is 0. The SMILES string of the molecule is O=C(c1csc(-c2cccs2)n1)N1CCC[C@H]1c1nccs1. The topological polar surface area (TPSA) is 46.1 Å². The smallest absolute Gasteiger partial charge is 0.273 e. The number of rotatable bonds is 3. The van der Waals surface area contributed by atoms with Crippen molar-refractivity contribution >= 4 is 39.9 Å². The Hall–Kier alpha value is -1.57. The fraction of sp³-hybridized carbons (Fsp3) is 0.267. The van der Waals surface area contributed by atoms with Crippen molar-refractivity contribution < 1.29 is 4.79 Å². The molecule has 3 aromatic heterocycles. The zero-order valence-electron chi connectivity index (χ0n) is 11.6. The summed E-state index contributed by atoms with van der Waals surface area (Å²) >= 11 is 4.80. The first kappa shape index (κ1) is 14.0. The highest BCUT2D eigenvalue weighted by molar-refractivity contribution is 7.20. The van der Waals surface area contributed by atoms with Crippen LogP contribution >= 0.6 is 34.0 Å². The van der Waals surface area contributed by atoms with E-state index in [1.165, 1.54) is 11.3 Å². The van der Waals surface area contributed by atoms with Crippen molar-refractivity contribution in [3.63, 3.8) is 0 Å². The van der Waals surface area contributed by atoms with Crippen LogP contribution in [0.4, 0.5) is 0 Å². The summed E-state index contributed by atoms with van der Waals surface area (Å²) < 4.78 is 0. The van der Waals surface area contributed by atoms with Gasteiger partial charge in [0.2, 0.25) is 0 Å². The molecule has 4 rings (SSSR count). The standard InChI is InChI=1S/C15H13N3OS3/c19-15(10-9-22-14(17-10)12-4-2-7-20-12)18-6-1-3-11(18)13-16-5-8-21-13/h2,4-5,7-9,11H,1,3,6H2/t11-/m0/s1. The summed E-state index contributed by atoms with van der Waals surface area (Å²) in [5, 5.41) is 7.81. The Balaban J connectivity index is 1.59. The third kappa shape index (κ3) is 2.49. The summed E-state index contributed by atoms with van der Waals surface area (Å²) in [6.45, 7) is 0.787. The molecule has 0 N–H and O–H groups in total. The number of aromatic nitrogens is 2. The van der Waals surface area contributed by atoms with Gasteiger partial charge in [-0.25, -0.2) is 9.97 Å². The number of thiophene rings is 1. The molecule has 0 aliphatic carbocycles. The van der Waals surface area contributed by atoms with Gasteiger partial charge in [0.05, 0.1) is 10.9 Å². The molecule has 0 aromatic carbocycles. The summed E-state index contributed by atoms with van der Waals surface area (Å²) in [4.78, 5) is 24.7. The molecule has 3 aromatic rings. The normalized spacial score (nSPS) is 18.0. The van der Waals surface area contributed by atoms with Crippen LogP contribution in [0.1, 0.15) is 34.4 Å². The minimum absolute atomic E-state index is 0.0248. The van der Waals surface area contributed by atoms with Gasteiger partial charge in [-0.1, -0.05) is 6.07 Å². The van der Waals surface area contributed by atoms with Gasteiger partial charge in [0.1, 0.15) is 15.7 Å². The van der Waals surface area contributed by atoms with E-state index in [9.17, 15) is 4.79 Å². The molecule has 0 radical (unpaired) electrons. The largest absolute Gasteiger partial charge is 0.328 e. The number of carbonyl (C=O) groups excluding carboxylic acids is 1. The molecule has 1 atom stereocenters. The Morgan fingerprint density at radius 2 is 2.23 bits per heavy atom. The van der Waals surface area contributed by atoms with Crippen molar-refractivity contribution in [1.29, 1.82) is 0 Å². The maximum Gasteiger partial charge on any atom is 0.273 e. The lowest BCUT2D eigenvalue weighted by Gasteiger charge is -2.22. The molecule has 4 nitrogen and oxygen atoms in total. The maximum atomic E-state index is 12.8. The fourth-order valence-electron chi connectivity index (χ4n) is 2.70. The molecule has 112 valence electrons. The van der Waals surface area contributed by atoms with Crippen LogP contribution in [0.5, 0.6) is 0 Å². The van der Waals surface area contributed by atoms with E-state index in [1.807, 2.05) is 33.2 Å². The van der Waals surface area contributed by atoms with Crippen molar-refractivity contribution in [2.24, 2.45) is 0 Å². The molecule has 0 unspecified atom stereocenters. The minimum Gasteiger partial charge on any atom is -0.328 e. The van der Waals surface area contributed by atoms with Gasteiger partial charge >= 0.3 is 0 Å². The summed E-state index contributed by atoms with van der Waals surface area (Å²) in [5.74, 6) is 0.0248. The lowest BCUT2D eigenvalue weighted by molar-refractivity contribution is 0.0730. The number of amides is 1. The molecule has 1 amide bonds. The lowest BCUT2D eigenvalue weighted by atomic mass is 10.2. The summed E-state index contributed by atoms with van der Waals surface area (Å²) in [6.07, 6.45) is 3.82. The van der Waals surface area contributed by atoms with E-state index in [1.54, 1.807) is 28.9 Å². The van der Waals surface area contributed by atoms with Gasteiger partial charge in [-0.3, -0.25) is 4.79 Å². The quantitative estimate of drug-likeness (QED) is 0.709. The third-order valence-electron chi connectivity index (χ3n) is 3.71. The summed E-state index contributed by atoms with van der Waals surface area (Å²) in [5.41, 5.74) is 0.553. The highest BCUT2D eigenvalue weighted by atomic mass is 32.1. The second-order valence-corrected chi connectivity index (χ2v) is 7.77. The number of hydrogen-bond donors (Lipinski definition) is 0. The van der Waals surface area contributed by atoms with Crippen molar-refractivity contribution in [2.45, 2.75) is 18.9 Å². The molecule has 1 aliphatic rings. The second kappa shape index (κ2) is 5.91. The number of likely N-dealkylation sites (tertiary alicyclic amines) is 1. The molecule has 0 saturated carbocycles. The molecule has 1 fully saturated rings. The molecule has 7 heteroatoms. The van der Waals surface area contributed by atoms with Crippen LogP contribution in [-0.2, 0) is 0 Å². The van der Waals surface area contributed by atoms with Crippen LogP contribution in [0.3, 0.4) is 0 Å². The van der Waals surface area contributed by atoms with E-state index in [2.05, 4.69) is 9.97 Å². The zero-order chi connectivity index (χ0) is 14.9. The average Bonchev–Trinajstić information content (AvgIpc) is 3.35. The van der Waals surface area contributed by atoms with Gasteiger partial charge in [0, 0.05) is 23.5 Å². The summed E-state index contributed by atoms with van der Waals surface area (Å²) in [6, 6.07) is 4.15. The second-order valence-electron chi connectivity index (χ2n) is 5.04. The first-order valence-electron chi connectivity index (χ1n) is 7.02. The molecular weight excluding hydrogens is 334 g/mol. The van der Waals surface area contributed by atoms with Gasteiger partial charge in [0.15, 0.2) is 0 Å². The lowest BCUT2D eigenvalue weighted by Crippen LogP contribution is -2.30. The van der Waals surface area contributed by atoms with Crippen molar-refractivity contribution in [3.8, 4) is 9.88 Å². The Morgan fingerprint density at radius 3 is 3.00 bits per heavy atom. The van der Waals surface area contributed by atoms with Crippen LogP contribution in [0, 0.1) is 0 Å². The van der Waals surface area contributed by atoms with Crippen LogP contribution in [0.25, 0.3) is 9.88 Å².